The molecule has 1 amide bonds. The highest BCUT2D eigenvalue weighted by Gasteiger charge is 2.40. The van der Waals surface area contributed by atoms with Crippen LogP contribution in [0.3, 0.4) is 0 Å². The third kappa shape index (κ3) is 1.98. The molecule has 26 heavy (non-hydrogen) atoms. The molecule has 7 nitrogen and oxygen atoms in total. The van der Waals surface area contributed by atoms with E-state index in [0.717, 1.165) is 12.8 Å². The molecule has 1 fully saturated rings. The number of benzene rings is 1. The van der Waals surface area contributed by atoms with Crippen molar-refractivity contribution in [2.45, 2.75) is 18.9 Å². The maximum Gasteiger partial charge on any atom is 0.283 e. The molecule has 5 rings (SSSR count). The lowest BCUT2D eigenvalue weighted by atomic mass is 10.1. The van der Waals surface area contributed by atoms with Gasteiger partial charge in [-0.1, -0.05) is 0 Å². The van der Waals surface area contributed by atoms with Crippen molar-refractivity contribution in [3.05, 3.63) is 66.0 Å². The largest absolute Gasteiger partial charge is 0.330 e. The van der Waals surface area contributed by atoms with Gasteiger partial charge in [-0.2, -0.15) is 0 Å². The molecule has 8 heteroatoms. The maximum absolute atomic E-state index is 13.8. The predicted molar refractivity (Wildman–Crippen MR) is 88.5 cm³/mol. The van der Waals surface area contributed by atoms with Crippen LogP contribution in [0.5, 0.6) is 0 Å². The molecule has 2 aliphatic rings. The summed E-state index contributed by atoms with van der Waals surface area (Å²) < 4.78 is 16.9. The van der Waals surface area contributed by atoms with Crippen molar-refractivity contribution in [1.82, 2.24) is 24.0 Å². The minimum atomic E-state index is -0.467. The van der Waals surface area contributed by atoms with Crippen molar-refractivity contribution in [3.8, 4) is 5.69 Å². The summed E-state index contributed by atoms with van der Waals surface area (Å²) in [5.41, 5.74) is 1.78. The van der Waals surface area contributed by atoms with Crippen LogP contribution in [0.4, 0.5) is 4.39 Å². The van der Waals surface area contributed by atoms with Crippen molar-refractivity contribution >= 4 is 11.8 Å². The fourth-order valence-electron chi connectivity index (χ4n) is 3.87. The highest BCUT2D eigenvalue weighted by atomic mass is 19.1. The van der Waals surface area contributed by atoms with Crippen LogP contribution in [-0.4, -0.2) is 42.4 Å². The van der Waals surface area contributed by atoms with E-state index < -0.39 is 5.82 Å². The number of halogens is 1. The Hall–Kier alpha value is -3.29. The number of amides is 1. The van der Waals surface area contributed by atoms with Crippen LogP contribution in [0.25, 0.3) is 5.69 Å². The zero-order chi connectivity index (χ0) is 17.8. The van der Waals surface area contributed by atoms with Crippen LogP contribution in [0.15, 0.2) is 43.2 Å². The zero-order valence-electron chi connectivity index (χ0n) is 13.7. The van der Waals surface area contributed by atoms with E-state index in [-0.39, 0.29) is 29.1 Å². The lowest BCUT2D eigenvalue weighted by Crippen LogP contribution is -2.30. The minimum absolute atomic E-state index is 0.216. The third-order valence-electron chi connectivity index (χ3n) is 5.02. The Morgan fingerprint density at radius 1 is 1.27 bits per heavy atom. The van der Waals surface area contributed by atoms with Gasteiger partial charge in [0.25, 0.3) is 11.8 Å². The van der Waals surface area contributed by atoms with Crippen LogP contribution < -0.4 is 0 Å². The summed E-state index contributed by atoms with van der Waals surface area (Å²) >= 11 is 0. The van der Waals surface area contributed by atoms with Gasteiger partial charge >= 0.3 is 0 Å². The molecule has 0 radical (unpaired) electrons. The minimum Gasteiger partial charge on any atom is -0.330 e. The Morgan fingerprint density at radius 3 is 2.96 bits per heavy atom. The number of rotatable bonds is 1. The zero-order valence-corrected chi connectivity index (χ0v) is 13.7. The van der Waals surface area contributed by atoms with E-state index in [2.05, 4.69) is 9.97 Å². The van der Waals surface area contributed by atoms with Gasteiger partial charge in [-0.15, -0.1) is 0 Å². The second-order valence-corrected chi connectivity index (χ2v) is 6.44. The Labute approximate surface area is 147 Å². The number of hydrogen-bond acceptors (Lipinski definition) is 4. The molecule has 4 heterocycles. The molecule has 0 saturated carbocycles. The Bertz CT molecular complexity index is 1040. The number of hydrogen-bond donors (Lipinski definition) is 0. The van der Waals surface area contributed by atoms with Crippen LogP contribution >= 0.6 is 0 Å². The molecule has 0 bridgehead atoms. The summed E-state index contributed by atoms with van der Waals surface area (Å²) in [4.78, 5) is 35.8. The Balaban J connectivity index is 1.76. The molecule has 0 aliphatic carbocycles. The summed E-state index contributed by atoms with van der Waals surface area (Å²) in [7, 11) is 0. The molecule has 0 unspecified atom stereocenters. The lowest BCUT2D eigenvalue weighted by Gasteiger charge is -2.22. The average Bonchev–Trinajstić information content (AvgIpc) is 3.38. The second-order valence-electron chi connectivity index (χ2n) is 6.44. The summed E-state index contributed by atoms with van der Waals surface area (Å²) in [5, 5.41) is 0. The predicted octanol–water partition coefficient (Wildman–Crippen LogP) is 2.19. The van der Waals surface area contributed by atoms with Crippen molar-refractivity contribution in [1.29, 1.82) is 0 Å². The highest BCUT2D eigenvalue weighted by Crippen LogP contribution is 2.40. The van der Waals surface area contributed by atoms with Crippen molar-refractivity contribution in [2.24, 2.45) is 0 Å². The van der Waals surface area contributed by atoms with Crippen LogP contribution in [-0.2, 0) is 0 Å². The monoisotopic (exact) mass is 351 g/mol. The molecule has 0 spiro atoms. The van der Waals surface area contributed by atoms with Crippen molar-refractivity contribution < 1.29 is 14.0 Å². The first-order valence-electron chi connectivity index (χ1n) is 8.36. The third-order valence-corrected chi connectivity index (χ3v) is 5.02. The van der Waals surface area contributed by atoms with Gasteiger partial charge in [0.15, 0.2) is 5.69 Å². The molecule has 130 valence electrons. The first-order valence-corrected chi connectivity index (χ1v) is 8.36. The smallest absolute Gasteiger partial charge is 0.283 e. The van der Waals surface area contributed by atoms with E-state index in [9.17, 15) is 14.0 Å². The number of carbonyl (C=O) groups excluding carboxylic acids is 2. The van der Waals surface area contributed by atoms with Crippen molar-refractivity contribution in [2.75, 3.05) is 6.54 Å². The van der Waals surface area contributed by atoms with Crippen molar-refractivity contribution in [3.63, 3.8) is 0 Å². The van der Waals surface area contributed by atoms with Gasteiger partial charge in [0.1, 0.15) is 18.5 Å². The van der Waals surface area contributed by atoms with Gasteiger partial charge < -0.3 is 4.90 Å². The molecular weight excluding hydrogens is 337 g/mol. The van der Waals surface area contributed by atoms with Gasteiger partial charge in [0.05, 0.1) is 23.0 Å². The Morgan fingerprint density at radius 2 is 2.15 bits per heavy atom. The molecule has 0 N–H and O–H groups in total. The van der Waals surface area contributed by atoms with E-state index in [4.69, 9.17) is 0 Å². The van der Waals surface area contributed by atoms with Gasteiger partial charge in [-0.25, -0.2) is 14.4 Å². The SMILES string of the molecule is O=C1c2cc(F)ccc2-n2cnc(C(=O)n3ccnc3)c2[C@@H]2CCCN12. The quantitative estimate of drug-likeness (QED) is 0.674. The molecular formula is C18H14FN5O2. The topological polar surface area (TPSA) is 73.0 Å². The standard InChI is InChI=1S/C18H14FN5O2/c19-11-3-4-13-12(8-11)17(25)23-6-1-2-14(23)16-15(21-10-24(13)16)18(26)22-7-5-20-9-22/h3-5,7-10,14H,1-2,6H2/t14-/m0/s1. The first-order chi connectivity index (χ1) is 12.6. The van der Waals surface area contributed by atoms with E-state index in [1.165, 1.54) is 35.6 Å². The molecule has 1 aromatic carbocycles. The van der Waals surface area contributed by atoms with Crippen LogP contribution in [0.2, 0.25) is 0 Å². The van der Waals surface area contributed by atoms with Crippen LogP contribution in [0.1, 0.15) is 45.4 Å². The van der Waals surface area contributed by atoms with E-state index in [1.807, 2.05) is 0 Å². The molecule has 1 atom stereocenters. The van der Waals surface area contributed by atoms with Gasteiger partial charge in [-0.3, -0.25) is 18.7 Å². The Kier molecular flexibility index (Phi) is 3.09. The van der Waals surface area contributed by atoms with Gasteiger partial charge in [0, 0.05) is 18.9 Å². The summed E-state index contributed by atoms with van der Waals surface area (Å²) in [6, 6.07) is 3.85. The summed E-state index contributed by atoms with van der Waals surface area (Å²) in [6.07, 6.45) is 7.60. The number of carbonyl (C=O) groups is 2. The number of aromatic nitrogens is 4. The summed E-state index contributed by atoms with van der Waals surface area (Å²) in [5.74, 6) is -0.987. The molecule has 2 aliphatic heterocycles. The molecule has 2 aromatic heterocycles. The van der Waals surface area contributed by atoms with E-state index >= 15 is 0 Å². The van der Waals surface area contributed by atoms with E-state index in [1.54, 1.807) is 21.7 Å². The number of fused-ring (bicyclic) bond motifs is 5. The van der Waals surface area contributed by atoms with E-state index in [0.29, 0.717) is 17.9 Å². The number of nitrogens with zero attached hydrogens (tertiary/aromatic N) is 5. The van der Waals surface area contributed by atoms with Gasteiger partial charge in [-0.05, 0) is 31.0 Å². The summed E-state index contributed by atoms with van der Waals surface area (Å²) in [6.45, 7) is 0.573. The second kappa shape index (κ2) is 5.35. The first kappa shape index (κ1) is 15.0. The number of imidazole rings is 2. The molecule has 1 saturated heterocycles. The van der Waals surface area contributed by atoms with Crippen LogP contribution in [0, 0.1) is 5.82 Å². The lowest BCUT2D eigenvalue weighted by molar-refractivity contribution is 0.0735. The average molecular weight is 351 g/mol. The normalized spacial score (nSPS) is 18.3. The fraction of sp³-hybridized carbons (Fsp3) is 0.222. The molecule has 3 aromatic rings. The van der Waals surface area contributed by atoms with Gasteiger partial charge in [0.2, 0.25) is 0 Å². The maximum atomic E-state index is 13.8. The fourth-order valence-corrected chi connectivity index (χ4v) is 3.87. The highest BCUT2D eigenvalue weighted by molar-refractivity contribution is 6.00.